The van der Waals surface area contributed by atoms with E-state index in [0.717, 1.165) is 17.0 Å². The fraction of sp³-hybridized carbons (Fsp3) is 0.182. The molecule has 0 unspecified atom stereocenters. The van der Waals surface area contributed by atoms with Crippen LogP contribution in [0.25, 0.3) is 0 Å². The van der Waals surface area contributed by atoms with Crippen LogP contribution < -0.4 is 0 Å². The van der Waals surface area contributed by atoms with Crippen molar-refractivity contribution in [3.8, 4) is 6.07 Å². The minimum atomic E-state index is -3.47. The number of benzene rings is 1. The monoisotopic (exact) mass is 221 g/mol. The van der Waals surface area contributed by atoms with E-state index in [1.807, 2.05) is 6.92 Å². The van der Waals surface area contributed by atoms with Crippen LogP contribution in [0.1, 0.15) is 11.1 Å². The Balaban J connectivity index is 3.30. The van der Waals surface area contributed by atoms with Gasteiger partial charge in [0.05, 0.1) is 11.0 Å². The molecule has 0 saturated carbocycles. The summed E-state index contributed by atoms with van der Waals surface area (Å²) in [6, 6.07) is 6.76. The molecule has 78 valence electrons. The van der Waals surface area contributed by atoms with E-state index < -0.39 is 9.84 Å². The fourth-order valence-corrected chi connectivity index (χ4v) is 2.46. The SMILES string of the molecule is Cc1ccc(S(=O)(=O)/C=C/C#N)c(C)c1. The van der Waals surface area contributed by atoms with Crippen molar-refractivity contribution in [2.75, 3.05) is 0 Å². The Morgan fingerprint density at radius 2 is 2.00 bits per heavy atom. The molecule has 1 rings (SSSR count). The number of nitrogens with zero attached hydrogens (tertiary/aromatic N) is 1. The van der Waals surface area contributed by atoms with Crippen LogP contribution in [0, 0.1) is 25.2 Å². The molecule has 1 aromatic rings. The smallest absolute Gasteiger partial charge is 0.200 e. The summed E-state index contributed by atoms with van der Waals surface area (Å²) in [4.78, 5) is 0.250. The molecule has 15 heavy (non-hydrogen) atoms. The van der Waals surface area contributed by atoms with E-state index in [9.17, 15) is 8.42 Å². The van der Waals surface area contributed by atoms with Crippen LogP contribution in [0.15, 0.2) is 34.6 Å². The molecule has 0 saturated heterocycles. The van der Waals surface area contributed by atoms with Crippen LogP contribution >= 0.6 is 0 Å². The number of sulfone groups is 1. The van der Waals surface area contributed by atoms with E-state index in [0.29, 0.717) is 5.56 Å². The summed E-state index contributed by atoms with van der Waals surface area (Å²) in [7, 11) is -3.47. The summed E-state index contributed by atoms with van der Waals surface area (Å²) < 4.78 is 23.4. The number of allylic oxidation sites excluding steroid dienone is 1. The van der Waals surface area contributed by atoms with E-state index in [1.165, 1.54) is 0 Å². The standard InChI is InChI=1S/C11H11NO2S/c1-9-4-5-11(10(2)8-9)15(13,14)7-3-6-12/h3-5,7-8H,1-2H3/b7-3+. The maximum absolute atomic E-state index is 11.7. The first-order valence-electron chi connectivity index (χ1n) is 4.36. The van der Waals surface area contributed by atoms with Crippen molar-refractivity contribution in [2.45, 2.75) is 18.7 Å². The lowest BCUT2D eigenvalue weighted by Gasteiger charge is -2.04. The second-order valence-electron chi connectivity index (χ2n) is 3.25. The van der Waals surface area contributed by atoms with Crippen molar-refractivity contribution in [3.05, 3.63) is 40.8 Å². The molecule has 0 fully saturated rings. The van der Waals surface area contributed by atoms with Gasteiger partial charge in [0.25, 0.3) is 0 Å². The molecule has 0 heterocycles. The highest BCUT2D eigenvalue weighted by Crippen LogP contribution is 2.18. The number of rotatable bonds is 2. The van der Waals surface area contributed by atoms with Gasteiger partial charge in [0.15, 0.2) is 0 Å². The lowest BCUT2D eigenvalue weighted by atomic mass is 10.2. The molecule has 0 aliphatic rings. The summed E-state index contributed by atoms with van der Waals surface area (Å²) >= 11 is 0. The Kier molecular flexibility index (Phi) is 3.28. The second kappa shape index (κ2) is 4.28. The predicted octanol–water partition coefficient (Wildman–Crippen LogP) is 2.11. The zero-order chi connectivity index (χ0) is 11.5. The summed E-state index contributed by atoms with van der Waals surface area (Å²) in [5, 5.41) is 9.21. The van der Waals surface area contributed by atoms with E-state index in [1.54, 1.807) is 31.2 Å². The largest absolute Gasteiger partial charge is 0.219 e. The molecule has 1 aromatic carbocycles. The van der Waals surface area contributed by atoms with Gasteiger partial charge in [-0.1, -0.05) is 17.7 Å². The normalized spacial score (nSPS) is 11.5. The summed E-state index contributed by atoms with van der Waals surface area (Å²) in [5.41, 5.74) is 1.70. The summed E-state index contributed by atoms with van der Waals surface area (Å²) in [6.45, 7) is 3.63. The zero-order valence-corrected chi connectivity index (χ0v) is 9.38. The Hall–Kier alpha value is -1.60. The van der Waals surface area contributed by atoms with E-state index in [-0.39, 0.29) is 4.90 Å². The van der Waals surface area contributed by atoms with Gasteiger partial charge in [-0.05, 0) is 25.5 Å². The summed E-state index contributed by atoms with van der Waals surface area (Å²) in [6.07, 6.45) is 0.967. The molecule has 0 N–H and O–H groups in total. The third-order valence-corrected chi connectivity index (χ3v) is 3.52. The van der Waals surface area contributed by atoms with Crippen LogP contribution in [0.5, 0.6) is 0 Å². The molecule has 0 amide bonds. The van der Waals surface area contributed by atoms with Crippen molar-refractivity contribution in [1.29, 1.82) is 5.26 Å². The van der Waals surface area contributed by atoms with Gasteiger partial charge in [0.1, 0.15) is 0 Å². The van der Waals surface area contributed by atoms with Crippen LogP contribution in [0.2, 0.25) is 0 Å². The number of nitriles is 1. The Morgan fingerprint density at radius 3 is 2.53 bits per heavy atom. The van der Waals surface area contributed by atoms with Crippen LogP contribution in [0.4, 0.5) is 0 Å². The molecule has 0 aliphatic carbocycles. The molecule has 0 aliphatic heterocycles. The van der Waals surface area contributed by atoms with Crippen molar-refractivity contribution >= 4 is 9.84 Å². The van der Waals surface area contributed by atoms with Gasteiger partial charge >= 0.3 is 0 Å². The van der Waals surface area contributed by atoms with Crippen molar-refractivity contribution in [3.63, 3.8) is 0 Å². The van der Waals surface area contributed by atoms with Crippen molar-refractivity contribution in [1.82, 2.24) is 0 Å². The highest BCUT2D eigenvalue weighted by molar-refractivity contribution is 7.94. The van der Waals surface area contributed by atoms with E-state index in [2.05, 4.69) is 0 Å². The Labute approximate surface area is 89.6 Å². The summed E-state index contributed by atoms with van der Waals surface area (Å²) in [5.74, 6) is 0. The topological polar surface area (TPSA) is 57.9 Å². The van der Waals surface area contributed by atoms with E-state index in [4.69, 9.17) is 5.26 Å². The van der Waals surface area contributed by atoms with Crippen LogP contribution in [0.3, 0.4) is 0 Å². The molecule has 0 aromatic heterocycles. The zero-order valence-electron chi connectivity index (χ0n) is 8.56. The third kappa shape index (κ3) is 2.67. The molecule has 0 atom stereocenters. The van der Waals surface area contributed by atoms with Gasteiger partial charge in [-0.15, -0.1) is 0 Å². The van der Waals surface area contributed by atoms with Gasteiger partial charge < -0.3 is 0 Å². The first-order chi connectivity index (χ1) is 6.97. The first kappa shape index (κ1) is 11.5. The fourth-order valence-electron chi connectivity index (χ4n) is 1.31. The third-order valence-electron chi connectivity index (χ3n) is 1.96. The van der Waals surface area contributed by atoms with Crippen LogP contribution in [-0.2, 0) is 9.84 Å². The average molecular weight is 221 g/mol. The highest BCUT2D eigenvalue weighted by Gasteiger charge is 2.12. The average Bonchev–Trinajstić information content (AvgIpc) is 2.14. The molecule has 4 heteroatoms. The Bertz CT molecular complexity index is 536. The quantitative estimate of drug-likeness (QED) is 0.719. The molecular weight excluding hydrogens is 210 g/mol. The lowest BCUT2D eigenvalue weighted by molar-refractivity contribution is 0.604. The molecule has 0 bridgehead atoms. The Morgan fingerprint density at radius 1 is 1.33 bits per heavy atom. The number of aryl methyl sites for hydroxylation is 2. The predicted molar refractivity (Wildman–Crippen MR) is 57.9 cm³/mol. The van der Waals surface area contributed by atoms with Crippen LogP contribution in [-0.4, -0.2) is 8.42 Å². The first-order valence-corrected chi connectivity index (χ1v) is 5.90. The molecule has 0 spiro atoms. The van der Waals surface area contributed by atoms with E-state index >= 15 is 0 Å². The second-order valence-corrected chi connectivity index (χ2v) is 5.05. The van der Waals surface area contributed by atoms with Crippen molar-refractivity contribution in [2.24, 2.45) is 0 Å². The lowest BCUT2D eigenvalue weighted by Crippen LogP contribution is -1.99. The van der Waals surface area contributed by atoms with Gasteiger partial charge in [0.2, 0.25) is 9.84 Å². The molecule has 0 radical (unpaired) electrons. The maximum atomic E-state index is 11.7. The number of hydrogen-bond donors (Lipinski definition) is 0. The van der Waals surface area contributed by atoms with Gasteiger partial charge in [-0.3, -0.25) is 0 Å². The van der Waals surface area contributed by atoms with Gasteiger partial charge in [-0.2, -0.15) is 5.26 Å². The maximum Gasteiger partial charge on any atom is 0.200 e. The minimum absolute atomic E-state index is 0.250. The van der Waals surface area contributed by atoms with Gasteiger partial charge in [0, 0.05) is 11.5 Å². The molecular formula is C11H11NO2S. The van der Waals surface area contributed by atoms with Crippen molar-refractivity contribution < 1.29 is 8.42 Å². The highest BCUT2D eigenvalue weighted by atomic mass is 32.2. The van der Waals surface area contributed by atoms with Gasteiger partial charge in [-0.25, -0.2) is 8.42 Å². The minimum Gasteiger partial charge on any atom is -0.219 e. The molecule has 3 nitrogen and oxygen atoms in total. The number of hydrogen-bond acceptors (Lipinski definition) is 3.